The lowest BCUT2D eigenvalue weighted by Crippen LogP contribution is -2.66. The van der Waals surface area contributed by atoms with Crippen LogP contribution in [0.1, 0.15) is 53.4 Å². The van der Waals surface area contributed by atoms with Gasteiger partial charge in [-0.25, -0.2) is 0 Å². The van der Waals surface area contributed by atoms with Crippen molar-refractivity contribution in [3.05, 3.63) is 0 Å². The normalized spacial score (nSPS) is 33.4. The second kappa shape index (κ2) is 3.21. The van der Waals surface area contributed by atoms with Gasteiger partial charge in [0.1, 0.15) is 0 Å². The number of aliphatic hydroxyl groups excluding tert-OH is 1. The summed E-state index contributed by atoms with van der Waals surface area (Å²) >= 11 is 0. The molecule has 1 saturated heterocycles. The Morgan fingerprint density at radius 3 is 1.75 bits per heavy atom. The van der Waals surface area contributed by atoms with Crippen molar-refractivity contribution < 1.29 is 10.2 Å². The van der Waals surface area contributed by atoms with Crippen LogP contribution >= 0.6 is 0 Å². The van der Waals surface area contributed by atoms with E-state index in [1.54, 1.807) is 0 Å². The van der Waals surface area contributed by atoms with Crippen molar-refractivity contribution >= 4 is 0 Å². The molecule has 0 aromatic rings. The molecule has 3 heteroatoms. The quantitative estimate of drug-likeness (QED) is 0.669. The largest absolute Gasteiger partial charge is 0.396 e. The van der Waals surface area contributed by atoms with Crippen LogP contribution in [-0.2, 0) is 0 Å². The van der Waals surface area contributed by atoms with E-state index in [2.05, 4.69) is 33.0 Å². The molecule has 0 spiro atoms. The predicted octanol–water partition coefficient (Wildman–Crippen LogP) is 1.43. The molecular weight excluding hydrogens is 202 g/mol. The van der Waals surface area contributed by atoms with E-state index in [0.717, 1.165) is 25.7 Å². The lowest BCUT2D eigenvalue weighted by molar-refractivity contribution is -0.120. The van der Waals surface area contributed by atoms with Crippen LogP contribution < -0.4 is 5.32 Å². The van der Waals surface area contributed by atoms with E-state index in [1.807, 2.05) is 0 Å². The molecule has 0 aromatic carbocycles. The van der Waals surface area contributed by atoms with Gasteiger partial charge < -0.3 is 15.5 Å². The molecule has 1 aliphatic heterocycles. The highest BCUT2D eigenvalue weighted by Crippen LogP contribution is 2.59. The SMILES string of the molecule is CC1(C)CC(O)(C2(CO)CC2)CC(C)(C)N1. The van der Waals surface area contributed by atoms with Gasteiger partial charge in [-0.15, -0.1) is 0 Å². The van der Waals surface area contributed by atoms with Crippen molar-refractivity contribution in [3.63, 3.8) is 0 Å². The van der Waals surface area contributed by atoms with E-state index >= 15 is 0 Å². The third kappa shape index (κ3) is 1.89. The Labute approximate surface area is 98.2 Å². The molecule has 2 fully saturated rings. The fourth-order valence-electron chi connectivity index (χ4n) is 3.83. The zero-order valence-corrected chi connectivity index (χ0v) is 10.9. The number of nitrogens with one attached hydrogen (secondary N) is 1. The molecule has 16 heavy (non-hydrogen) atoms. The monoisotopic (exact) mass is 227 g/mol. The van der Waals surface area contributed by atoms with Gasteiger partial charge in [-0.2, -0.15) is 0 Å². The lowest BCUT2D eigenvalue weighted by Gasteiger charge is -2.53. The molecule has 3 nitrogen and oxygen atoms in total. The van der Waals surface area contributed by atoms with Crippen LogP contribution in [0.3, 0.4) is 0 Å². The Balaban J connectivity index is 2.28. The Hall–Kier alpha value is -0.120. The fourth-order valence-corrected chi connectivity index (χ4v) is 3.83. The summed E-state index contributed by atoms with van der Waals surface area (Å²) in [6.07, 6.45) is 3.38. The molecule has 0 amide bonds. The minimum atomic E-state index is -0.708. The van der Waals surface area contributed by atoms with Gasteiger partial charge in [-0.1, -0.05) is 0 Å². The Kier molecular flexibility index (Phi) is 2.48. The molecule has 94 valence electrons. The van der Waals surface area contributed by atoms with Crippen LogP contribution in [-0.4, -0.2) is 33.5 Å². The number of hydrogen-bond donors (Lipinski definition) is 3. The summed E-state index contributed by atoms with van der Waals surface area (Å²) < 4.78 is 0. The molecule has 0 bridgehead atoms. The van der Waals surface area contributed by atoms with Crippen LogP contribution in [0.15, 0.2) is 0 Å². The summed E-state index contributed by atoms with van der Waals surface area (Å²) in [4.78, 5) is 0. The van der Waals surface area contributed by atoms with Gasteiger partial charge >= 0.3 is 0 Å². The van der Waals surface area contributed by atoms with Gasteiger partial charge in [0.05, 0.1) is 12.2 Å². The summed E-state index contributed by atoms with van der Waals surface area (Å²) in [5, 5.41) is 24.0. The topological polar surface area (TPSA) is 52.5 Å². The highest BCUT2D eigenvalue weighted by Gasteiger charge is 2.62. The maximum absolute atomic E-state index is 10.9. The van der Waals surface area contributed by atoms with Crippen molar-refractivity contribution in [2.24, 2.45) is 5.41 Å². The van der Waals surface area contributed by atoms with Crippen LogP contribution in [0.5, 0.6) is 0 Å². The van der Waals surface area contributed by atoms with Gasteiger partial charge in [0.2, 0.25) is 0 Å². The first-order valence-corrected chi connectivity index (χ1v) is 6.26. The van der Waals surface area contributed by atoms with Crippen LogP contribution in [0, 0.1) is 5.41 Å². The average Bonchev–Trinajstić information content (AvgIpc) is 2.75. The summed E-state index contributed by atoms with van der Waals surface area (Å²) in [6, 6.07) is 0. The van der Waals surface area contributed by atoms with Gasteiger partial charge in [-0.3, -0.25) is 0 Å². The van der Waals surface area contributed by atoms with Crippen molar-refractivity contribution in [3.8, 4) is 0 Å². The fraction of sp³-hybridized carbons (Fsp3) is 1.00. The Bertz CT molecular complexity index is 276. The van der Waals surface area contributed by atoms with E-state index < -0.39 is 5.60 Å². The zero-order chi connectivity index (χ0) is 12.2. The molecule has 3 N–H and O–H groups in total. The summed E-state index contributed by atoms with van der Waals surface area (Å²) in [6.45, 7) is 8.65. The summed E-state index contributed by atoms with van der Waals surface area (Å²) in [5.74, 6) is 0. The van der Waals surface area contributed by atoms with Gasteiger partial charge in [0.15, 0.2) is 0 Å². The lowest BCUT2D eigenvalue weighted by atomic mass is 9.66. The van der Waals surface area contributed by atoms with Crippen LogP contribution in [0.2, 0.25) is 0 Å². The average molecular weight is 227 g/mol. The van der Waals surface area contributed by atoms with Gasteiger partial charge in [-0.05, 0) is 53.4 Å². The van der Waals surface area contributed by atoms with Gasteiger partial charge in [0.25, 0.3) is 0 Å². The van der Waals surface area contributed by atoms with E-state index in [4.69, 9.17) is 0 Å². The number of hydrogen-bond acceptors (Lipinski definition) is 3. The highest BCUT2D eigenvalue weighted by atomic mass is 16.3. The van der Waals surface area contributed by atoms with E-state index in [1.165, 1.54) is 0 Å². The van der Waals surface area contributed by atoms with E-state index in [9.17, 15) is 10.2 Å². The minimum absolute atomic E-state index is 0.0682. The number of aliphatic hydroxyl groups is 2. The van der Waals surface area contributed by atoms with E-state index in [0.29, 0.717) is 0 Å². The first-order valence-electron chi connectivity index (χ1n) is 6.26. The maximum atomic E-state index is 10.9. The minimum Gasteiger partial charge on any atom is -0.396 e. The molecule has 2 aliphatic rings. The summed E-state index contributed by atoms with van der Waals surface area (Å²) in [7, 11) is 0. The van der Waals surface area contributed by atoms with Crippen molar-refractivity contribution in [2.45, 2.75) is 70.1 Å². The van der Waals surface area contributed by atoms with Crippen LogP contribution in [0.25, 0.3) is 0 Å². The molecule has 0 radical (unpaired) electrons. The highest BCUT2D eigenvalue weighted by molar-refractivity contribution is 5.16. The molecule has 2 rings (SSSR count). The molecule has 1 saturated carbocycles. The number of piperidine rings is 1. The molecule has 1 heterocycles. The van der Waals surface area contributed by atoms with Crippen molar-refractivity contribution in [2.75, 3.05) is 6.61 Å². The molecular formula is C13H25NO2. The first kappa shape index (κ1) is 12.3. The second-order valence-corrected chi connectivity index (χ2v) is 7.22. The molecule has 0 aromatic heterocycles. The van der Waals surface area contributed by atoms with Gasteiger partial charge in [0, 0.05) is 16.5 Å². The number of rotatable bonds is 2. The zero-order valence-electron chi connectivity index (χ0n) is 10.9. The van der Waals surface area contributed by atoms with Crippen molar-refractivity contribution in [1.29, 1.82) is 0 Å². The second-order valence-electron chi connectivity index (χ2n) is 7.22. The first-order chi connectivity index (χ1) is 7.14. The predicted molar refractivity (Wildman–Crippen MR) is 64.2 cm³/mol. The standard InChI is InChI=1S/C13H25NO2/c1-10(2)7-13(16,8-11(3,4)14-10)12(9-15)5-6-12/h14-16H,5-9H2,1-4H3. The Morgan fingerprint density at radius 1 is 1.00 bits per heavy atom. The summed E-state index contributed by atoms with van der Waals surface area (Å²) in [5.41, 5.74) is -1.06. The maximum Gasteiger partial charge on any atom is 0.0760 e. The Morgan fingerprint density at radius 2 is 1.44 bits per heavy atom. The molecule has 0 unspecified atom stereocenters. The third-order valence-electron chi connectivity index (χ3n) is 4.29. The smallest absolute Gasteiger partial charge is 0.0760 e. The third-order valence-corrected chi connectivity index (χ3v) is 4.29. The molecule has 0 atom stereocenters. The van der Waals surface area contributed by atoms with E-state index in [-0.39, 0.29) is 23.1 Å². The van der Waals surface area contributed by atoms with Crippen molar-refractivity contribution in [1.82, 2.24) is 5.32 Å². The van der Waals surface area contributed by atoms with Crippen LogP contribution in [0.4, 0.5) is 0 Å². The molecule has 1 aliphatic carbocycles.